The molecule has 0 fully saturated rings. The first kappa shape index (κ1) is 76.6. The second kappa shape index (κ2) is 29.5. The number of hydrogen-bond acceptors (Lipinski definition) is 24. The van der Waals surface area contributed by atoms with Crippen LogP contribution in [-0.2, 0) is 122 Å². The third-order valence-electron chi connectivity index (χ3n) is 9.67. The van der Waals surface area contributed by atoms with E-state index in [1.54, 1.807) is 83.1 Å². The van der Waals surface area contributed by atoms with Gasteiger partial charge in [0.2, 0.25) is 0 Å². The SMILES string of the molecule is CC(=O)C(C(C)=O)(C(=O)[O-])C(=O)COC(C)(C)C.CC(=O)C(C(C)=O)(C(=O)[O-])C(=O)COC(C)(C)C.CC(=O)C(C(C)=O)(C(=O)[O-])C(=O)COC(C)(C)C.CC(=O)C(C(C)=O)(C(=O)[O-])C(=O)COC(C)(C)C.[Zr+4]. The zero-order valence-electron chi connectivity index (χ0n) is 45.1. The number of carboxylic acids is 4. The van der Waals surface area contributed by atoms with Gasteiger partial charge in [-0.3, -0.25) is 57.5 Å². The fourth-order valence-electron chi connectivity index (χ4n) is 5.73. The number of ether oxygens (including phenoxy) is 4. The molecule has 25 heteroatoms. The van der Waals surface area contributed by atoms with Crippen molar-refractivity contribution in [3.05, 3.63) is 0 Å². The van der Waals surface area contributed by atoms with Crippen molar-refractivity contribution in [2.45, 2.75) is 161 Å². The molecule has 0 saturated carbocycles. The zero-order chi connectivity index (χ0) is 58.9. The molecule has 0 radical (unpaired) electrons. The minimum Gasteiger partial charge on any atom is -0.548 e. The van der Waals surface area contributed by atoms with E-state index in [9.17, 15) is 97.1 Å². The minimum atomic E-state index is -2.76. The van der Waals surface area contributed by atoms with E-state index < -0.39 is 164 Å². The molecule has 24 nitrogen and oxygen atoms in total. The summed E-state index contributed by atoms with van der Waals surface area (Å²) in [6, 6.07) is 0. The first-order chi connectivity index (χ1) is 31.8. The quantitative estimate of drug-likeness (QED) is 0.0877. The summed E-state index contributed by atoms with van der Waals surface area (Å²) in [6.45, 7) is 24.2. The molecular weight excluding hydrogens is 1050 g/mol. The topological polar surface area (TPSA) is 402 Å². The van der Waals surface area contributed by atoms with Gasteiger partial charge in [0.25, 0.3) is 0 Å². The molecule has 0 aliphatic carbocycles. The van der Waals surface area contributed by atoms with Crippen molar-refractivity contribution in [1.82, 2.24) is 0 Å². The molecule has 0 aromatic heterocycles. The standard InChI is InChI=1S/4C12H18O6.Zr/c4*1-7(13)12(8(2)14,10(16)17)9(15)6-18-11(3,4)5;/h4*6H2,1-5H3,(H,16,17);/q;;;;+4/p-4. The molecule has 0 aromatic carbocycles. The molecule has 0 aliphatic heterocycles. The van der Waals surface area contributed by atoms with E-state index in [1.807, 2.05) is 0 Å². The number of hydrogen-bond donors (Lipinski definition) is 0. The third kappa shape index (κ3) is 21.2. The fourth-order valence-corrected chi connectivity index (χ4v) is 5.73. The summed E-state index contributed by atoms with van der Waals surface area (Å²) in [6.07, 6.45) is 0. The van der Waals surface area contributed by atoms with E-state index in [4.69, 9.17) is 18.9 Å². The van der Waals surface area contributed by atoms with Gasteiger partial charge in [-0.15, -0.1) is 0 Å². The summed E-state index contributed by atoms with van der Waals surface area (Å²) >= 11 is 0. The Hall–Kier alpha value is -5.36. The Balaban J connectivity index is -0.000000280. The van der Waals surface area contributed by atoms with Crippen molar-refractivity contribution < 1.29 is 142 Å². The molecule has 0 saturated heterocycles. The van der Waals surface area contributed by atoms with E-state index in [2.05, 4.69) is 0 Å². The number of rotatable bonds is 24. The molecule has 0 heterocycles. The number of carbonyl (C=O) groups excluding carboxylic acids is 16. The Bertz CT molecular complexity index is 1720. The van der Waals surface area contributed by atoms with Gasteiger partial charge in [-0.25, -0.2) is 0 Å². The van der Waals surface area contributed by atoms with Gasteiger partial charge in [-0.05, 0) is 138 Å². The molecular formula is C48H68O24Zr. The van der Waals surface area contributed by atoms with Gasteiger partial charge in [-0.2, -0.15) is 0 Å². The number of aliphatic carboxylic acids is 4. The molecule has 0 aromatic rings. The number of carboxylic acid groups (broad SMARTS) is 4. The van der Waals surface area contributed by atoms with Gasteiger partial charge < -0.3 is 58.6 Å². The van der Waals surface area contributed by atoms with Crippen LogP contribution in [0.3, 0.4) is 0 Å². The van der Waals surface area contributed by atoms with E-state index in [0.29, 0.717) is 0 Å². The molecule has 73 heavy (non-hydrogen) atoms. The van der Waals surface area contributed by atoms with Gasteiger partial charge >= 0.3 is 26.2 Å². The van der Waals surface area contributed by atoms with Gasteiger partial charge in [0, 0.05) is 0 Å². The van der Waals surface area contributed by atoms with E-state index in [1.165, 1.54) is 0 Å². The largest absolute Gasteiger partial charge is 4.00 e. The summed E-state index contributed by atoms with van der Waals surface area (Å²) in [4.78, 5) is 183. The van der Waals surface area contributed by atoms with Gasteiger partial charge in [0.1, 0.15) is 26.4 Å². The molecule has 408 valence electrons. The summed E-state index contributed by atoms with van der Waals surface area (Å²) < 4.78 is 20.4. The summed E-state index contributed by atoms with van der Waals surface area (Å²) in [7, 11) is 0. The first-order valence-corrected chi connectivity index (χ1v) is 21.5. The smallest absolute Gasteiger partial charge is 0.548 e. The minimum absolute atomic E-state index is 0. The van der Waals surface area contributed by atoms with Gasteiger partial charge in [0.05, 0.1) is 46.3 Å². The van der Waals surface area contributed by atoms with E-state index >= 15 is 0 Å². The maximum Gasteiger partial charge on any atom is 4.00 e. The van der Waals surface area contributed by atoms with Crippen molar-refractivity contribution >= 4 is 93.3 Å². The Morgan fingerprint density at radius 2 is 0.356 bits per heavy atom. The van der Waals surface area contributed by atoms with Crippen molar-refractivity contribution in [3.63, 3.8) is 0 Å². The Labute approximate surface area is 442 Å². The number of carbonyl (C=O) groups is 16. The first-order valence-electron chi connectivity index (χ1n) is 21.5. The molecule has 0 spiro atoms. The summed E-state index contributed by atoms with van der Waals surface area (Å²) in [5.74, 6) is -21.1. The normalized spacial score (nSPS) is 11.9. The van der Waals surface area contributed by atoms with Crippen molar-refractivity contribution in [3.8, 4) is 0 Å². The van der Waals surface area contributed by atoms with Crippen LogP contribution in [-0.4, -0.2) is 142 Å². The molecule has 0 bridgehead atoms. The zero-order valence-corrected chi connectivity index (χ0v) is 47.6. The van der Waals surface area contributed by atoms with Crippen LogP contribution in [0.5, 0.6) is 0 Å². The van der Waals surface area contributed by atoms with Crippen LogP contribution in [0.15, 0.2) is 0 Å². The van der Waals surface area contributed by atoms with Crippen LogP contribution in [0, 0.1) is 21.7 Å². The monoisotopic (exact) mass is 1120 g/mol. The second-order valence-corrected chi connectivity index (χ2v) is 19.9. The van der Waals surface area contributed by atoms with Crippen molar-refractivity contribution in [2.75, 3.05) is 26.4 Å². The van der Waals surface area contributed by atoms with Gasteiger partial charge in [-0.1, -0.05) is 0 Å². The molecule has 0 rings (SSSR count). The Morgan fingerprint density at radius 1 is 0.260 bits per heavy atom. The summed E-state index contributed by atoms with van der Waals surface area (Å²) in [5.41, 5.74) is -13.8. The van der Waals surface area contributed by atoms with Crippen LogP contribution in [0.4, 0.5) is 0 Å². The predicted molar refractivity (Wildman–Crippen MR) is 238 cm³/mol. The third-order valence-corrected chi connectivity index (χ3v) is 9.67. The molecule has 0 unspecified atom stereocenters. The van der Waals surface area contributed by atoms with Gasteiger partial charge in [0.15, 0.2) is 91.1 Å². The molecule has 0 atom stereocenters. The predicted octanol–water partition coefficient (Wildman–Crippen LogP) is -2.86. The molecule has 0 aliphatic rings. The van der Waals surface area contributed by atoms with E-state index in [0.717, 1.165) is 55.4 Å². The van der Waals surface area contributed by atoms with Crippen molar-refractivity contribution in [1.29, 1.82) is 0 Å². The molecule has 0 amide bonds. The Morgan fingerprint density at radius 3 is 0.411 bits per heavy atom. The Kier molecular flexibility index (Phi) is 31.0. The number of Topliss-reactive ketones (excluding diaryl/α,β-unsaturated/α-hetero) is 12. The van der Waals surface area contributed by atoms with Crippen LogP contribution in [0.25, 0.3) is 0 Å². The van der Waals surface area contributed by atoms with Crippen LogP contribution >= 0.6 is 0 Å². The van der Waals surface area contributed by atoms with E-state index in [-0.39, 0.29) is 26.2 Å². The van der Waals surface area contributed by atoms with Crippen molar-refractivity contribution in [2.24, 2.45) is 21.7 Å². The van der Waals surface area contributed by atoms with Crippen LogP contribution in [0.2, 0.25) is 0 Å². The second-order valence-electron chi connectivity index (χ2n) is 19.9. The average Bonchev–Trinajstić information content (AvgIpc) is 3.13. The maximum atomic E-state index is 11.8. The fraction of sp³-hybridized carbons (Fsp3) is 0.667. The average molecular weight is 1120 g/mol. The van der Waals surface area contributed by atoms with Crippen LogP contribution in [0.1, 0.15) is 138 Å². The maximum absolute atomic E-state index is 11.8. The number of ketones is 12. The molecule has 0 N–H and O–H groups in total. The van der Waals surface area contributed by atoms with Crippen LogP contribution < -0.4 is 20.4 Å². The summed E-state index contributed by atoms with van der Waals surface area (Å²) in [5, 5.41) is 44.2.